The van der Waals surface area contributed by atoms with Crippen molar-refractivity contribution in [3.63, 3.8) is 0 Å². The van der Waals surface area contributed by atoms with Gasteiger partial charge in [0.2, 0.25) is 0 Å². The van der Waals surface area contributed by atoms with Gasteiger partial charge in [0.05, 0.1) is 23.7 Å². The second-order valence-corrected chi connectivity index (χ2v) is 5.25. The van der Waals surface area contributed by atoms with Gasteiger partial charge < -0.3 is 15.0 Å². The molecule has 0 aliphatic rings. The third-order valence-corrected chi connectivity index (χ3v) is 3.26. The van der Waals surface area contributed by atoms with E-state index in [1.165, 1.54) is 0 Å². The van der Waals surface area contributed by atoms with Crippen molar-refractivity contribution in [1.82, 2.24) is 9.55 Å². The minimum absolute atomic E-state index is 0.269. The SMILES string of the molecule is CCOCC(C)n1c(C(C)C)nc2cc(N)ccc21. The van der Waals surface area contributed by atoms with E-state index in [-0.39, 0.29) is 6.04 Å². The molecule has 0 aliphatic heterocycles. The quantitative estimate of drug-likeness (QED) is 0.840. The smallest absolute Gasteiger partial charge is 0.112 e. The zero-order valence-electron chi connectivity index (χ0n) is 12.2. The highest BCUT2D eigenvalue weighted by molar-refractivity contribution is 5.80. The summed E-state index contributed by atoms with van der Waals surface area (Å²) in [7, 11) is 0. The van der Waals surface area contributed by atoms with Crippen molar-refractivity contribution >= 4 is 16.7 Å². The van der Waals surface area contributed by atoms with Crippen LogP contribution in [-0.2, 0) is 4.74 Å². The molecule has 0 bridgehead atoms. The average Bonchev–Trinajstić information content (AvgIpc) is 2.74. The fraction of sp³-hybridized carbons (Fsp3) is 0.533. The molecule has 0 radical (unpaired) electrons. The van der Waals surface area contributed by atoms with E-state index in [1.54, 1.807) is 0 Å². The van der Waals surface area contributed by atoms with E-state index in [0.29, 0.717) is 12.5 Å². The molecule has 2 aromatic rings. The summed E-state index contributed by atoms with van der Waals surface area (Å²) in [4.78, 5) is 4.73. The van der Waals surface area contributed by atoms with Gasteiger partial charge >= 0.3 is 0 Å². The van der Waals surface area contributed by atoms with Crippen LogP contribution in [-0.4, -0.2) is 22.8 Å². The number of hydrogen-bond acceptors (Lipinski definition) is 3. The van der Waals surface area contributed by atoms with Crippen molar-refractivity contribution in [2.24, 2.45) is 0 Å². The number of imidazole rings is 1. The lowest BCUT2D eigenvalue weighted by Crippen LogP contribution is -2.15. The molecular weight excluding hydrogens is 238 g/mol. The molecule has 104 valence electrons. The highest BCUT2D eigenvalue weighted by Crippen LogP contribution is 2.27. The molecule has 0 amide bonds. The van der Waals surface area contributed by atoms with E-state index < -0.39 is 0 Å². The summed E-state index contributed by atoms with van der Waals surface area (Å²) < 4.78 is 7.83. The van der Waals surface area contributed by atoms with Crippen LogP contribution in [0.3, 0.4) is 0 Å². The molecule has 4 nitrogen and oxygen atoms in total. The second-order valence-electron chi connectivity index (χ2n) is 5.25. The van der Waals surface area contributed by atoms with Crippen LogP contribution in [0.2, 0.25) is 0 Å². The highest BCUT2D eigenvalue weighted by Gasteiger charge is 2.18. The van der Waals surface area contributed by atoms with Gasteiger partial charge in [-0.2, -0.15) is 0 Å². The first kappa shape index (κ1) is 13.9. The minimum Gasteiger partial charge on any atom is -0.399 e. The monoisotopic (exact) mass is 261 g/mol. The van der Waals surface area contributed by atoms with Crippen LogP contribution in [0.25, 0.3) is 11.0 Å². The summed E-state index contributed by atoms with van der Waals surface area (Å²) in [5.74, 6) is 1.46. The number of hydrogen-bond donors (Lipinski definition) is 1. The Morgan fingerprint density at radius 1 is 1.32 bits per heavy atom. The average molecular weight is 261 g/mol. The van der Waals surface area contributed by atoms with Gasteiger partial charge in [-0.3, -0.25) is 0 Å². The summed E-state index contributed by atoms with van der Waals surface area (Å²) in [5, 5.41) is 0. The van der Waals surface area contributed by atoms with Crippen LogP contribution >= 0.6 is 0 Å². The fourth-order valence-corrected chi connectivity index (χ4v) is 2.37. The third kappa shape index (κ3) is 2.73. The van der Waals surface area contributed by atoms with Gasteiger partial charge in [0.1, 0.15) is 5.82 Å². The van der Waals surface area contributed by atoms with Crippen molar-refractivity contribution in [1.29, 1.82) is 0 Å². The Balaban J connectivity index is 2.51. The minimum atomic E-state index is 0.269. The Morgan fingerprint density at radius 3 is 2.68 bits per heavy atom. The molecule has 0 fully saturated rings. The van der Waals surface area contributed by atoms with Gasteiger partial charge in [-0.05, 0) is 32.0 Å². The molecule has 1 heterocycles. The van der Waals surface area contributed by atoms with Gasteiger partial charge in [0.25, 0.3) is 0 Å². The molecule has 2 N–H and O–H groups in total. The van der Waals surface area contributed by atoms with E-state index in [4.69, 9.17) is 15.5 Å². The van der Waals surface area contributed by atoms with Crippen molar-refractivity contribution < 1.29 is 4.74 Å². The number of nitrogen functional groups attached to an aromatic ring is 1. The van der Waals surface area contributed by atoms with Crippen molar-refractivity contribution in [3.8, 4) is 0 Å². The maximum atomic E-state index is 5.84. The predicted octanol–water partition coefficient (Wildman–Crippen LogP) is 3.34. The Labute approximate surface area is 114 Å². The van der Waals surface area contributed by atoms with Crippen LogP contribution in [0.1, 0.15) is 45.5 Å². The standard InChI is InChI=1S/C15H23N3O/c1-5-19-9-11(4)18-14-7-6-12(16)8-13(14)17-15(18)10(2)3/h6-8,10-11H,5,9,16H2,1-4H3. The second kappa shape index (κ2) is 5.61. The van der Waals surface area contributed by atoms with Gasteiger partial charge in [-0.15, -0.1) is 0 Å². The van der Waals surface area contributed by atoms with Gasteiger partial charge in [0, 0.05) is 18.2 Å². The first-order chi connectivity index (χ1) is 9.04. The lowest BCUT2D eigenvalue weighted by molar-refractivity contribution is 0.119. The molecule has 0 saturated carbocycles. The number of nitrogens with zero attached hydrogens (tertiary/aromatic N) is 2. The maximum absolute atomic E-state index is 5.84. The van der Waals surface area contributed by atoms with Crippen LogP contribution in [0.5, 0.6) is 0 Å². The summed E-state index contributed by atoms with van der Waals surface area (Å²) >= 11 is 0. The largest absolute Gasteiger partial charge is 0.399 e. The summed E-state index contributed by atoms with van der Waals surface area (Å²) in [5.41, 5.74) is 8.69. The highest BCUT2D eigenvalue weighted by atomic mass is 16.5. The zero-order valence-corrected chi connectivity index (χ0v) is 12.2. The molecule has 0 spiro atoms. The van der Waals surface area contributed by atoms with Gasteiger partial charge in [-0.25, -0.2) is 4.98 Å². The Hall–Kier alpha value is -1.55. The number of fused-ring (bicyclic) bond motifs is 1. The molecule has 1 aromatic carbocycles. The normalized spacial score (nSPS) is 13.3. The first-order valence-corrected chi connectivity index (χ1v) is 6.89. The molecule has 1 atom stereocenters. The van der Waals surface area contributed by atoms with Crippen LogP contribution in [0.4, 0.5) is 5.69 Å². The molecule has 4 heteroatoms. The fourth-order valence-electron chi connectivity index (χ4n) is 2.37. The zero-order chi connectivity index (χ0) is 14.0. The number of aromatic nitrogens is 2. The molecule has 19 heavy (non-hydrogen) atoms. The lowest BCUT2D eigenvalue weighted by Gasteiger charge is -2.19. The summed E-state index contributed by atoms with van der Waals surface area (Å²) in [6.07, 6.45) is 0. The van der Waals surface area contributed by atoms with E-state index in [9.17, 15) is 0 Å². The summed E-state index contributed by atoms with van der Waals surface area (Å²) in [6.45, 7) is 9.94. The topological polar surface area (TPSA) is 53.1 Å². The van der Waals surface area contributed by atoms with Crippen molar-refractivity contribution in [2.75, 3.05) is 18.9 Å². The van der Waals surface area contributed by atoms with Crippen molar-refractivity contribution in [2.45, 2.75) is 39.7 Å². The van der Waals surface area contributed by atoms with E-state index >= 15 is 0 Å². The van der Waals surface area contributed by atoms with Crippen molar-refractivity contribution in [3.05, 3.63) is 24.0 Å². The number of ether oxygens (including phenoxy) is 1. The summed E-state index contributed by atoms with van der Waals surface area (Å²) in [6, 6.07) is 6.18. The Kier molecular flexibility index (Phi) is 4.10. The molecule has 1 aromatic heterocycles. The van der Waals surface area contributed by atoms with E-state index in [2.05, 4.69) is 25.3 Å². The molecule has 0 saturated heterocycles. The third-order valence-electron chi connectivity index (χ3n) is 3.26. The number of anilines is 1. The molecule has 0 aliphatic carbocycles. The van der Waals surface area contributed by atoms with E-state index in [1.807, 2.05) is 25.1 Å². The van der Waals surface area contributed by atoms with E-state index in [0.717, 1.165) is 29.2 Å². The van der Waals surface area contributed by atoms with Crippen LogP contribution in [0.15, 0.2) is 18.2 Å². The molecule has 1 unspecified atom stereocenters. The van der Waals surface area contributed by atoms with Gasteiger partial charge in [0.15, 0.2) is 0 Å². The first-order valence-electron chi connectivity index (χ1n) is 6.89. The molecule has 2 rings (SSSR count). The lowest BCUT2D eigenvalue weighted by atomic mass is 10.2. The Morgan fingerprint density at radius 2 is 2.05 bits per heavy atom. The van der Waals surface area contributed by atoms with Crippen LogP contribution in [0, 0.1) is 0 Å². The van der Waals surface area contributed by atoms with Gasteiger partial charge in [-0.1, -0.05) is 13.8 Å². The number of nitrogens with two attached hydrogens (primary N) is 1. The molecular formula is C15H23N3O. The predicted molar refractivity (Wildman–Crippen MR) is 79.4 cm³/mol. The number of benzene rings is 1. The van der Waals surface area contributed by atoms with Crippen LogP contribution < -0.4 is 5.73 Å². The number of rotatable bonds is 5. The Bertz CT molecular complexity index is 560. The maximum Gasteiger partial charge on any atom is 0.112 e.